The summed E-state index contributed by atoms with van der Waals surface area (Å²) in [6.45, 7) is 7.86. The summed E-state index contributed by atoms with van der Waals surface area (Å²) in [5, 5.41) is 0. The molecule has 2 aliphatic rings. The van der Waals surface area contributed by atoms with Gasteiger partial charge in [-0.2, -0.15) is 0 Å². The molecule has 1 fully saturated rings. The van der Waals surface area contributed by atoms with E-state index in [-0.39, 0.29) is 17.7 Å². The van der Waals surface area contributed by atoms with Crippen LogP contribution in [0.3, 0.4) is 0 Å². The van der Waals surface area contributed by atoms with E-state index in [4.69, 9.17) is 18.6 Å². The summed E-state index contributed by atoms with van der Waals surface area (Å²) >= 11 is 4.88. The SMILES string of the molecule is CCOC(=O)C1=C(C)N=c2s/c(=C/c3ccc(N4CCC(C)CC4)o3)c(=O)n2[C@H]1c1cc(OC)c(OC)cc1Br. The van der Waals surface area contributed by atoms with Crippen molar-refractivity contribution in [1.82, 2.24) is 4.57 Å². The number of piperidine rings is 1. The molecule has 11 heteroatoms. The Hall–Kier alpha value is -3.31. The maximum absolute atomic E-state index is 14.0. The number of nitrogens with zero attached hydrogens (tertiary/aromatic N) is 3. The molecule has 40 heavy (non-hydrogen) atoms. The number of furan rings is 1. The highest BCUT2D eigenvalue weighted by atomic mass is 79.9. The number of esters is 1. The number of thiazole rings is 1. The van der Waals surface area contributed by atoms with Crippen LogP contribution < -0.4 is 29.3 Å². The second kappa shape index (κ2) is 11.7. The molecule has 3 aromatic rings. The smallest absolute Gasteiger partial charge is 0.338 e. The van der Waals surface area contributed by atoms with Gasteiger partial charge in [0.25, 0.3) is 5.56 Å². The molecule has 0 unspecified atom stereocenters. The monoisotopic (exact) mass is 629 g/mol. The van der Waals surface area contributed by atoms with Crippen LogP contribution in [0.1, 0.15) is 51.0 Å². The third-order valence-electron chi connectivity index (χ3n) is 7.30. The lowest BCUT2D eigenvalue weighted by molar-refractivity contribution is -0.139. The Labute approximate surface area is 244 Å². The summed E-state index contributed by atoms with van der Waals surface area (Å²) in [6, 6.07) is 6.55. The van der Waals surface area contributed by atoms with E-state index < -0.39 is 12.0 Å². The number of fused-ring (bicyclic) bond motifs is 1. The molecule has 1 atom stereocenters. The highest BCUT2D eigenvalue weighted by Crippen LogP contribution is 2.40. The van der Waals surface area contributed by atoms with Gasteiger partial charge in [0.15, 0.2) is 22.2 Å². The first kappa shape index (κ1) is 28.2. The summed E-state index contributed by atoms with van der Waals surface area (Å²) in [5.74, 6) is 2.56. The maximum atomic E-state index is 14.0. The molecule has 0 N–H and O–H groups in total. The molecular formula is C29H32BrN3O6S. The normalized spacial score (nSPS) is 18.0. The lowest BCUT2D eigenvalue weighted by Gasteiger charge is -2.29. The Morgan fingerprint density at radius 2 is 1.90 bits per heavy atom. The first-order chi connectivity index (χ1) is 19.2. The third kappa shape index (κ3) is 5.24. The fourth-order valence-corrected chi connectivity index (χ4v) is 6.68. The van der Waals surface area contributed by atoms with Crippen molar-refractivity contribution in [2.75, 3.05) is 38.8 Å². The van der Waals surface area contributed by atoms with Crippen molar-refractivity contribution in [2.45, 2.75) is 39.7 Å². The molecule has 212 valence electrons. The molecule has 1 saturated heterocycles. The van der Waals surface area contributed by atoms with E-state index in [0.717, 1.165) is 31.8 Å². The minimum absolute atomic E-state index is 0.191. The van der Waals surface area contributed by atoms with Crippen LogP contribution in [0, 0.1) is 5.92 Å². The number of halogens is 1. The van der Waals surface area contributed by atoms with Gasteiger partial charge in [-0.05, 0) is 56.4 Å². The van der Waals surface area contributed by atoms with E-state index in [9.17, 15) is 9.59 Å². The minimum Gasteiger partial charge on any atom is -0.493 e. The first-order valence-electron chi connectivity index (χ1n) is 13.2. The molecule has 1 aromatic carbocycles. The number of ether oxygens (including phenoxy) is 3. The molecule has 0 bridgehead atoms. The number of hydrogen-bond acceptors (Lipinski definition) is 9. The summed E-state index contributed by atoms with van der Waals surface area (Å²) in [7, 11) is 3.09. The average molecular weight is 631 g/mol. The van der Waals surface area contributed by atoms with Crippen molar-refractivity contribution in [1.29, 1.82) is 0 Å². The summed E-state index contributed by atoms with van der Waals surface area (Å²) in [4.78, 5) is 34.5. The lowest BCUT2D eigenvalue weighted by atomic mass is 9.95. The second-order valence-corrected chi connectivity index (χ2v) is 11.7. The quantitative estimate of drug-likeness (QED) is 0.357. The van der Waals surface area contributed by atoms with Crippen LogP contribution in [-0.2, 0) is 9.53 Å². The number of hydrogen-bond donors (Lipinski definition) is 0. The van der Waals surface area contributed by atoms with Crippen LogP contribution in [0.15, 0.2) is 54.2 Å². The minimum atomic E-state index is -0.797. The Morgan fingerprint density at radius 1 is 1.20 bits per heavy atom. The number of methoxy groups -OCH3 is 2. The van der Waals surface area contributed by atoms with Crippen LogP contribution in [0.4, 0.5) is 5.88 Å². The summed E-state index contributed by atoms with van der Waals surface area (Å²) in [6.07, 6.45) is 4.00. The van der Waals surface area contributed by atoms with Crippen LogP contribution in [0.25, 0.3) is 6.08 Å². The fourth-order valence-electron chi connectivity index (χ4n) is 5.11. The van der Waals surface area contributed by atoms with E-state index in [1.807, 2.05) is 12.1 Å². The first-order valence-corrected chi connectivity index (χ1v) is 14.8. The Balaban J connectivity index is 1.63. The van der Waals surface area contributed by atoms with Crippen molar-refractivity contribution < 1.29 is 23.4 Å². The number of benzene rings is 1. The zero-order valence-electron chi connectivity index (χ0n) is 23.2. The Kier molecular flexibility index (Phi) is 8.23. The standard InChI is InChI=1S/C29H32BrN3O6S/c1-6-38-28(35)25-17(3)31-29-33(26(25)19-14-21(36-4)22(37-5)15-20(19)30)27(34)23(40-29)13-18-7-8-24(39-18)32-11-9-16(2)10-12-32/h7-8,13-16,26H,6,9-12H2,1-5H3/b23-13+/t26-/m0/s1. The van der Waals surface area contributed by atoms with Crippen molar-refractivity contribution in [3.05, 3.63) is 71.0 Å². The molecule has 5 rings (SSSR count). The molecule has 0 saturated carbocycles. The molecular weight excluding hydrogens is 598 g/mol. The van der Waals surface area contributed by atoms with Crippen LogP contribution in [0.2, 0.25) is 0 Å². The second-order valence-electron chi connectivity index (χ2n) is 9.88. The van der Waals surface area contributed by atoms with Crippen LogP contribution in [0.5, 0.6) is 11.5 Å². The number of aromatic nitrogens is 1. The molecule has 0 spiro atoms. The van der Waals surface area contributed by atoms with E-state index in [1.54, 1.807) is 39.2 Å². The van der Waals surface area contributed by atoms with E-state index in [1.165, 1.54) is 23.0 Å². The summed E-state index contributed by atoms with van der Waals surface area (Å²) in [5.41, 5.74) is 1.13. The van der Waals surface area contributed by atoms with Gasteiger partial charge in [0.05, 0.1) is 42.7 Å². The molecule has 0 aliphatic carbocycles. The maximum Gasteiger partial charge on any atom is 0.338 e. The highest BCUT2D eigenvalue weighted by molar-refractivity contribution is 9.10. The van der Waals surface area contributed by atoms with E-state index in [2.05, 4.69) is 32.7 Å². The van der Waals surface area contributed by atoms with Crippen molar-refractivity contribution >= 4 is 45.2 Å². The largest absolute Gasteiger partial charge is 0.493 e. The van der Waals surface area contributed by atoms with Crippen molar-refractivity contribution in [2.24, 2.45) is 10.9 Å². The molecule has 2 aliphatic heterocycles. The van der Waals surface area contributed by atoms with Gasteiger partial charge in [-0.15, -0.1) is 0 Å². The molecule has 9 nitrogen and oxygen atoms in total. The molecule has 0 amide bonds. The number of allylic oxidation sites excluding steroid dienone is 1. The predicted molar refractivity (Wildman–Crippen MR) is 157 cm³/mol. The van der Waals surface area contributed by atoms with E-state index in [0.29, 0.717) is 48.2 Å². The van der Waals surface area contributed by atoms with Crippen molar-refractivity contribution in [3.8, 4) is 11.5 Å². The van der Waals surface area contributed by atoms with Gasteiger partial charge in [0.2, 0.25) is 0 Å². The lowest BCUT2D eigenvalue weighted by Crippen LogP contribution is -2.40. The van der Waals surface area contributed by atoms with Gasteiger partial charge < -0.3 is 23.5 Å². The van der Waals surface area contributed by atoms with Gasteiger partial charge in [0, 0.05) is 29.7 Å². The zero-order chi connectivity index (χ0) is 28.6. The number of rotatable bonds is 7. The van der Waals surface area contributed by atoms with Gasteiger partial charge in [-0.1, -0.05) is 34.2 Å². The molecule has 2 aromatic heterocycles. The van der Waals surface area contributed by atoms with Crippen LogP contribution >= 0.6 is 27.3 Å². The Morgan fingerprint density at radius 3 is 2.58 bits per heavy atom. The number of carbonyl (C=O) groups is 1. The van der Waals surface area contributed by atoms with Gasteiger partial charge in [0.1, 0.15) is 5.76 Å². The topological polar surface area (TPSA) is 95.5 Å². The number of carbonyl (C=O) groups excluding carboxylic acids is 1. The van der Waals surface area contributed by atoms with Crippen molar-refractivity contribution in [3.63, 3.8) is 0 Å². The van der Waals surface area contributed by atoms with Gasteiger partial charge >= 0.3 is 5.97 Å². The Bertz CT molecular complexity index is 1640. The molecule has 4 heterocycles. The van der Waals surface area contributed by atoms with Crippen LogP contribution in [-0.4, -0.2) is 44.5 Å². The fraction of sp³-hybridized carbons (Fsp3) is 0.414. The average Bonchev–Trinajstić information content (AvgIpc) is 3.52. The third-order valence-corrected chi connectivity index (χ3v) is 8.97. The van der Waals surface area contributed by atoms with Gasteiger partial charge in [-0.25, -0.2) is 9.79 Å². The van der Waals surface area contributed by atoms with Gasteiger partial charge in [-0.3, -0.25) is 9.36 Å². The highest BCUT2D eigenvalue weighted by Gasteiger charge is 2.35. The molecule has 0 radical (unpaired) electrons. The summed E-state index contributed by atoms with van der Waals surface area (Å²) < 4.78 is 25.2. The zero-order valence-corrected chi connectivity index (χ0v) is 25.6. The van der Waals surface area contributed by atoms with E-state index >= 15 is 0 Å². The predicted octanol–water partition coefficient (Wildman–Crippen LogP) is 4.41. The number of anilines is 1.